The molecule has 2 saturated heterocycles. The van der Waals surface area contributed by atoms with E-state index in [4.69, 9.17) is 47.4 Å². The summed E-state index contributed by atoms with van der Waals surface area (Å²) in [4.78, 5) is 58.8. The van der Waals surface area contributed by atoms with E-state index in [0.29, 0.717) is 37.8 Å². The molecule has 5 unspecified atom stereocenters. The van der Waals surface area contributed by atoms with Gasteiger partial charge in [-0.3, -0.25) is 24.0 Å². The lowest BCUT2D eigenvalue weighted by Crippen LogP contribution is -2.50. The molecule has 0 aromatic carbocycles. The van der Waals surface area contributed by atoms with E-state index >= 15 is 0 Å². The highest BCUT2D eigenvalue weighted by atomic mass is 16.7. The molecule has 5 saturated carbocycles. The zero-order valence-electron chi connectivity index (χ0n) is 54.2. The van der Waals surface area contributed by atoms with Crippen LogP contribution in [-0.2, 0) is 71.3 Å². The molecule has 7 aliphatic rings. The number of hydrogen-bond donors (Lipinski definition) is 0. The van der Waals surface area contributed by atoms with Crippen LogP contribution in [0, 0.1) is 50.7 Å². The van der Waals surface area contributed by atoms with Crippen LogP contribution >= 0.6 is 0 Å². The molecule has 0 radical (unpaired) electrons. The van der Waals surface area contributed by atoms with Crippen LogP contribution in [0.3, 0.4) is 0 Å². The number of carbonyl (C=O) groups excluding carboxylic acids is 5. The Morgan fingerprint density at radius 1 is 0.438 bits per heavy atom. The smallest absolute Gasteiger partial charge is 0.313 e. The van der Waals surface area contributed by atoms with Crippen LogP contribution in [0.2, 0.25) is 0 Å². The number of esters is 5. The van der Waals surface area contributed by atoms with Gasteiger partial charge >= 0.3 is 29.8 Å². The third-order valence-corrected chi connectivity index (χ3v) is 17.8. The molecule has 0 aromatic heterocycles. The highest BCUT2D eigenvalue weighted by Crippen LogP contribution is 2.55. The molecular weight excluding hydrogens is 1020 g/mol. The van der Waals surface area contributed by atoms with Crippen molar-refractivity contribution in [3.63, 3.8) is 0 Å². The Kier molecular flexibility index (Phi) is 32.5. The fourth-order valence-electron chi connectivity index (χ4n) is 9.93. The van der Waals surface area contributed by atoms with Crippen molar-refractivity contribution in [1.29, 1.82) is 0 Å². The molecule has 7 fully saturated rings. The van der Waals surface area contributed by atoms with Crippen molar-refractivity contribution >= 4 is 29.8 Å². The number of rotatable bonds is 23. The quantitative estimate of drug-likeness (QED) is 0.0408. The van der Waals surface area contributed by atoms with Crippen LogP contribution in [0.1, 0.15) is 273 Å². The monoisotopic (exact) mass is 1140 g/mol. The second-order valence-electron chi connectivity index (χ2n) is 26.8. The van der Waals surface area contributed by atoms with Crippen molar-refractivity contribution < 1.29 is 71.3 Å². The summed E-state index contributed by atoms with van der Waals surface area (Å²) >= 11 is 0. The Bertz CT molecular complexity index is 1760. The van der Waals surface area contributed by atoms with Gasteiger partial charge in [0.1, 0.15) is 0 Å². The second kappa shape index (κ2) is 35.4. The largest absolute Gasteiger partial charge is 0.436 e. The lowest BCUT2D eigenvalue weighted by molar-refractivity contribution is -0.224. The number of unbranched alkanes of at least 4 members (excludes halogenated alkanes) is 1. The lowest BCUT2D eigenvalue weighted by Gasteiger charge is -2.54. The van der Waals surface area contributed by atoms with Gasteiger partial charge in [-0.2, -0.15) is 0 Å². The fraction of sp³-hybridized carbons (Fsp3) is 0.923. The molecule has 0 spiro atoms. The van der Waals surface area contributed by atoms with Gasteiger partial charge in [0, 0.05) is 12.8 Å². The molecule has 7 rings (SSSR count). The molecule has 15 heteroatoms. The molecule has 5 aliphatic carbocycles. The van der Waals surface area contributed by atoms with Crippen LogP contribution in [0.4, 0.5) is 0 Å². The van der Waals surface area contributed by atoms with Gasteiger partial charge in [-0.25, -0.2) is 0 Å². The van der Waals surface area contributed by atoms with Gasteiger partial charge in [-0.1, -0.05) is 67.2 Å². The maximum Gasteiger partial charge on any atom is 0.313 e. The van der Waals surface area contributed by atoms with Gasteiger partial charge in [-0.05, 0) is 216 Å². The Morgan fingerprint density at radius 3 is 1.16 bits per heavy atom. The summed E-state index contributed by atoms with van der Waals surface area (Å²) < 4.78 is 54.4. The first kappa shape index (κ1) is 73.3. The van der Waals surface area contributed by atoms with E-state index in [1.54, 1.807) is 6.92 Å². The van der Waals surface area contributed by atoms with Crippen molar-refractivity contribution in [1.82, 2.24) is 0 Å². The molecule has 80 heavy (non-hydrogen) atoms. The average Bonchev–Trinajstić information content (AvgIpc) is 3.94. The van der Waals surface area contributed by atoms with Gasteiger partial charge in [0.25, 0.3) is 0 Å². The minimum atomic E-state index is -0.435. The minimum absolute atomic E-state index is 0.138. The zero-order chi connectivity index (χ0) is 60.5. The molecule has 2 aliphatic heterocycles. The minimum Gasteiger partial charge on any atom is -0.436 e. The fourth-order valence-corrected chi connectivity index (χ4v) is 9.93. The first-order valence-corrected chi connectivity index (χ1v) is 31.6. The van der Waals surface area contributed by atoms with Crippen molar-refractivity contribution in [2.24, 2.45) is 50.7 Å². The third kappa shape index (κ3) is 26.0. The Labute approximate surface area is 486 Å². The number of carbonyl (C=O) groups is 5. The van der Waals surface area contributed by atoms with Crippen molar-refractivity contribution in [2.75, 3.05) is 19.8 Å². The molecule has 0 amide bonds. The number of ether oxygens (including phenoxy) is 10. The topological polar surface area (TPSA) is 178 Å². The van der Waals surface area contributed by atoms with Gasteiger partial charge in [0.15, 0.2) is 18.9 Å². The van der Waals surface area contributed by atoms with Crippen LogP contribution in [0.15, 0.2) is 0 Å². The van der Waals surface area contributed by atoms with E-state index in [1.807, 2.05) is 118 Å². The van der Waals surface area contributed by atoms with Crippen LogP contribution in [0.25, 0.3) is 0 Å². The van der Waals surface area contributed by atoms with E-state index < -0.39 is 35.1 Å². The summed E-state index contributed by atoms with van der Waals surface area (Å²) in [6.45, 7) is 38.6. The predicted octanol–water partition coefficient (Wildman–Crippen LogP) is 15.5. The molecule has 468 valence electrons. The van der Waals surface area contributed by atoms with Crippen LogP contribution < -0.4 is 0 Å². The van der Waals surface area contributed by atoms with Crippen molar-refractivity contribution in [3.8, 4) is 0 Å². The molecule has 5 atom stereocenters. The summed E-state index contributed by atoms with van der Waals surface area (Å²) in [5.41, 5.74) is -2.01. The van der Waals surface area contributed by atoms with E-state index in [2.05, 4.69) is 6.92 Å². The Hall–Kier alpha value is -2.85. The summed E-state index contributed by atoms with van der Waals surface area (Å²) in [6.07, 6.45) is 22.3. The first-order valence-electron chi connectivity index (χ1n) is 31.6. The van der Waals surface area contributed by atoms with Crippen LogP contribution in [-0.4, -0.2) is 93.3 Å². The normalized spacial score (nSPS) is 25.0. The maximum atomic E-state index is 12.2. The van der Waals surface area contributed by atoms with Gasteiger partial charge < -0.3 is 47.4 Å². The second-order valence-corrected chi connectivity index (χ2v) is 26.8. The SMILES string of the molecule is CCC(C)(C)C(=O)OC(C)OC1C2CC3CC(C2)CC1C3.CCC(C)(C)C(=O)OC(C)OC1CCCCC1.CCC(C)(C)C(=O)OC1CCCCO1.CCC(C)(C)C(=O)OC1CCCO1.CCCCOC(C)OC(=O)C(C)(C)CC. The molecule has 2 heterocycles. The van der Waals surface area contributed by atoms with Crippen molar-refractivity contribution in [2.45, 2.75) is 316 Å². The third-order valence-electron chi connectivity index (χ3n) is 17.8. The highest BCUT2D eigenvalue weighted by molar-refractivity contribution is 5.77. The lowest BCUT2D eigenvalue weighted by atomic mass is 9.55. The standard InChI is InChI=1S/C18H30O3.C14H26O3.C12H24O3.C11H20O3.C10H18O3/c1-5-18(3,4)17(19)21-11(2)20-16-14-7-12-6-13(9-14)10-15(16)8-12;1-5-14(3,4)13(15)17-11(2)16-12-9-7-6-8-10-12;1-6-8-9-14-10(3)15-11(13)12(4,5)7-2;1-4-11(2,3)10(12)14-9-7-5-6-8-13-9;1-4-10(2,3)9(11)13-8-6-5-7-12-8/h11-16H,5-10H2,1-4H3;11-12H,5-10H2,1-4H3;10H,6-9H2,1-5H3;9H,4-8H2,1-3H3;8H,4-7H2,1-3H3. The van der Waals surface area contributed by atoms with Crippen molar-refractivity contribution in [3.05, 3.63) is 0 Å². The average molecular weight is 1140 g/mol. The summed E-state index contributed by atoms with van der Waals surface area (Å²) in [6, 6.07) is 0. The highest BCUT2D eigenvalue weighted by Gasteiger charge is 2.49. The molecule has 15 nitrogen and oxygen atoms in total. The molecular formula is C65H118O15. The first-order chi connectivity index (χ1) is 37.4. The molecule has 4 bridgehead atoms. The van der Waals surface area contributed by atoms with E-state index in [0.717, 1.165) is 102 Å². The van der Waals surface area contributed by atoms with Gasteiger partial charge in [0.05, 0.1) is 59.1 Å². The molecule has 0 N–H and O–H groups in total. The Morgan fingerprint density at radius 2 is 0.800 bits per heavy atom. The number of hydrogen-bond acceptors (Lipinski definition) is 15. The predicted molar refractivity (Wildman–Crippen MR) is 313 cm³/mol. The Balaban J connectivity index is 0.000000346. The summed E-state index contributed by atoms with van der Waals surface area (Å²) in [7, 11) is 0. The van der Waals surface area contributed by atoms with Crippen LogP contribution in [0.5, 0.6) is 0 Å². The van der Waals surface area contributed by atoms with Gasteiger partial charge in [-0.15, -0.1) is 0 Å². The summed E-state index contributed by atoms with van der Waals surface area (Å²) in [5.74, 6) is 2.53. The molecule has 0 aromatic rings. The van der Waals surface area contributed by atoms with Gasteiger partial charge in [0.2, 0.25) is 12.6 Å². The van der Waals surface area contributed by atoms with E-state index in [1.165, 1.54) is 51.4 Å². The van der Waals surface area contributed by atoms with E-state index in [-0.39, 0.29) is 59.4 Å². The summed E-state index contributed by atoms with van der Waals surface area (Å²) in [5, 5.41) is 0. The maximum absolute atomic E-state index is 12.2. The zero-order valence-corrected chi connectivity index (χ0v) is 54.2. The van der Waals surface area contributed by atoms with E-state index in [9.17, 15) is 24.0 Å².